The third-order valence-corrected chi connectivity index (χ3v) is 3.31. The van der Waals surface area contributed by atoms with Crippen molar-refractivity contribution in [3.63, 3.8) is 0 Å². The fourth-order valence-corrected chi connectivity index (χ4v) is 2.14. The Labute approximate surface area is 92.5 Å². The fraction of sp³-hybridized carbons (Fsp3) is 0.750. The smallest absolute Gasteiger partial charge is 0.148 e. The molecule has 84 valence electrons. The summed E-state index contributed by atoms with van der Waals surface area (Å²) in [6.07, 6.45) is 1.08. The van der Waals surface area contributed by atoms with Crippen molar-refractivity contribution in [2.75, 3.05) is 25.7 Å². The monoisotopic (exact) mass is 229 g/mol. The highest BCUT2D eigenvalue weighted by atomic mass is 32.1. The molecule has 15 heavy (non-hydrogen) atoms. The van der Waals surface area contributed by atoms with E-state index in [4.69, 9.17) is 10.6 Å². The molecule has 3 N–H and O–H groups in total. The minimum absolute atomic E-state index is 0.484. The molecular weight excluding hydrogens is 214 g/mol. The van der Waals surface area contributed by atoms with E-state index in [0.717, 1.165) is 36.9 Å². The number of nitrogens with zero attached hydrogens (tertiary/aromatic N) is 3. The van der Waals surface area contributed by atoms with Crippen LogP contribution >= 0.6 is 11.5 Å². The van der Waals surface area contributed by atoms with E-state index in [-0.39, 0.29) is 0 Å². The number of nitrogens with two attached hydrogens (primary N) is 1. The van der Waals surface area contributed by atoms with Gasteiger partial charge in [0.25, 0.3) is 0 Å². The van der Waals surface area contributed by atoms with Gasteiger partial charge in [-0.2, -0.15) is 0 Å². The molecule has 0 radical (unpaired) electrons. The molecule has 1 aliphatic heterocycles. The first-order chi connectivity index (χ1) is 7.31. The number of likely N-dealkylation sites (N-methyl/N-ethyl adjacent to an activating group) is 1. The van der Waals surface area contributed by atoms with Gasteiger partial charge < -0.3 is 10.2 Å². The van der Waals surface area contributed by atoms with Crippen molar-refractivity contribution < 1.29 is 4.74 Å². The van der Waals surface area contributed by atoms with Crippen LogP contribution in [0.1, 0.15) is 12.1 Å². The van der Waals surface area contributed by atoms with Gasteiger partial charge in [-0.3, -0.25) is 4.90 Å². The van der Waals surface area contributed by atoms with Crippen LogP contribution in [-0.2, 0) is 11.3 Å². The van der Waals surface area contributed by atoms with Crippen LogP contribution in [0, 0.1) is 0 Å². The molecule has 0 spiro atoms. The lowest BCUT2D eigenvalue weighted by molar-refractivity contribution is 0.156. The highest BCUT2D eigenvalue weighted by Crippen LogP contribution is 2.20. The predicted octanol–water partition coefficient (Wildman–Crippen LogP) is 0.0444. The Balaban J connectivity index is 1.95. The lowest BCUT2D eigenvalue weighted by Crippen LogP contribution is -2.31. The van der Waals surface area contributed by atoms with Crippen molar-refractivity contribution in [2.45, 2.75) is 19.0 Å². The van der Waals surface area contributed by atoms with Gasteiger partial charge >= 0.3 is 0 Å². The predicted molar refractivity (Wildman–Crippen MR) is 58.4 cm³/mol. The van der Waals surface area contributed by atoms with E-state index in [1.165, 1.54) is 11.5 Å². The number of aromatic nitrogens is 2. The quantitative estimate of drug-likeness (QED) is 0.561. The number of nitrogen functional groups attached to an aromatic ring is 1. The minimum Gasteiger partial charge on any atom is -0.380 e. The second kappa shape index (κ2) is 4.84. The number of nitrogens with one attached hydrogen (secondary N) is 1. The molecule has 7 heteroatoms. The Hall–Kier alpha value is -0.760. The molecule has 0 aliphatic carbocycles. The maximum absolute atomic E-state index is 5.36. The summed E-state index contributed by atoms with van der Waals surface area (Å²) >= 11 is 1.28. The summed E-state index contributed by atoms with van der Waals surface area (Å²) in [6, 6.07) is 0.484. The third kappa shape index (κ3) is 2.43. The number of hydrazine groups is 1. The Morgan fingerprint density at radius 2 is 2.60 bits per heavy atom. The standard InChI is InChI=1S/C8H15N5OS/c1-13(6-2-3-14-5-6)4-7-8(10-9)15-12-11-7/h6,10H,2-5,9H2,1H3. The summed E-state index contributed by atoms with van der Waals surface area (Å²) in [6.45, 7) is 2.41. The Morgan fingerprint density at radius 3 is 3.27 bits per heavy atom. The summed E-state index contributed by atoms with van der Waals surface area (Å²) < 4.78 is 9.20. The van der Waals surface area contributed by atoms with Gasteiger partial charge in [-0.1, -0.05) is 4.49 Å². The molecule has 1 aromatic rings. The van der Waals surface area contributed by atoms with E-state index in [9.17, 15) is 0 Å². The number of hydrogen-bond acceptors (Lipinski definition) is 7. The van der Waals surface area contributed by atoms with Gasteiger partial charge in [0.05, 0.1) is 6.61 Å². The molecule has 0 saturated carbocycles. The molecule has 0 bridgehead atoms. The second-order valence-electron chi connectivity index (χ2n) is 3.63. The lowest BCUT2D eigenvalue weighted by atomic mass is 10.2. The SMILES string of the molecule is CN(Cc1nnsc1NN)C1CCOC1. The first kappa shape index (κ1) is 10.7. The van der Waals surface area contributed by atoms with Crippen molar-refractivity contribution in [2.24, 2.45) is 5.84 Å². The zero-order valence-electron chi connectivity index (χ0n) is 8.64. The molecule has 2 heterocycles. The highest BCUT2D eigenvalue weighted by Gasteiger charge is 2.21. The average Bonchev–Trinajstić information content (AvgIpc) is 2.87. The maximum atomic E-state index is 5.36. The molecule has 1 fully saturated rings. The van der Waals surface area contributed by atoms with Gasteiger partial charge in [-0.05, 0) is 13.5 Å². The molecule has 0 amide bonds. The van der Waals surface area contributed by atoms with E-state index in [2.05, 4.69) is 27.0 Å². The zero-order chi connectivity index (χ0) is 10.7. The molecule has 1 aliphatic rings. The number of ether oxygens (including phenoxy) is 1. The Kier molecular flexibility index (Phi) is 3.47. The van der Waals surface area contributed by atoms with Crippen molar-refractivity contribution in [3.8, 4) is 0 Å². The topological polar surface area (TPSA) is 76.3 Å². The molecular formula is C8H15N5OS. The van der Waals surface area contributed by atoms with Crippen molar-refractivity contribution >= 4 is 16.5 Å². The van der Waals surface area contributed by atoms with E-state index in [0.29, 0.717) is 6.04 Å². The van der Waals surface area contributed by atoms with E-state index < -0.39 is 0 Å². The number of rotatable bonds is 4. The summed E-state index contributed by atoms with van der Waals surface area (Å²) in [5, 5.41) is 4.88. The van der Waals surface area contributed by atoms with Crippen LogP contribution < -0.4 is 11.3 Å². The maximum Gasteiger partial charge on any atom is 0.148 e. The minimum atomic E-state index is 0.484. The fourth-order valence-electron chi connectivity index (χ4n) is 1.66. The normalized spacial score (nSPS) is 21.1. The molecule has 6 nitrogen and oxygen atoms in total. The molecule has 0 aromatic carbocycles. The molecule has 1 saturated heterocycles. The summed E-state index contributed by atoms with van der Waals surface area (Å²) in [7, 11) is 2.07. The third-order valence-electron chi connectivity index (χ3n) is 2.62. The van der Waals surface area contributed by atoms with E-state index in [1.54, 1.807) is 0 Å². The van der Waals surface area contributed by atoms with Crippen LogP contribution in [-0.4, -0.2) is 40.8 Å². The first-order valence-corrected chi connectivity index (χ1v) is 5.64. The van der Waals surface area contributed by atoms with E-state index in [1.807, 2.05) is 0 Å². The largest absolute Gasteiger partial charge is 0.380 e. The second-order valence-corrected chi connectivity index (χ2v) is 4.38. The number of hydrogen-bond donors (Lipinski definition) is 2. The summed E-state index contributed by atoms with van der Waals surface area (Å²) in [5.74, 6) is 5.36. The van der Waals surface area contributed by atoms with Crippen LogP contribution in [0.25, 0.3) is 0 Å². The van der Waals surface area contributed by atoms with Gasteiger partial charge in [-0.25, -0.2) is 5.84 Å². The van der Waals surface area contributed by atoms with Crippen molar-refractivity contribution in [3.05, 3.63) is 5.69 Å². The molecule has 2 rings (SSSR count). The van der Waals surface area contributed by atoms with Gasteiger partial charge in [0.1, 0.15) is 10.7 Å². The van der Waals surface area contributed by atoms with Crippen LogP contribution in [0.3, 0.4) is 0 Å². The number of anilines is 1. The van der Waals surface area contributed by atoms with Gasteiger partial charge in [0.15, 0.2) is 0 Å². The van der Waals surface area contributed by atoms with Crippen LogP contribution in [0.2, 0.25) is 0 Å². The molecule has 1 aromatic heterocycles. The van der Waals surface area contributed by atoms with Crippen LogP contribution in [0.5, 0.6) is 0 Å². The Bertz CT molecular complexity index is 312. The van der Waals surface area contributed by atoms with E-state index >= 15 is 0 Å². The van der Waals surface area contributed by atoms with Crippen LogP contribution in [0.4, 0.5) is 5.00 Å². The average molecular weight is 229 g/mol. The van der Waals surface area contributed by atoms with Gasteiger partial charge in [0, 0.05) is 30.7 Å². The molecule has 1 unspecified atom stereocenters. The highest BCUT2D eigenvalue weighted by molar-refractivity contribution is 7.10. The molecule has 1 atom stereocenters. The first-order valence-electron chi connectivity index (χ1n) is 4.87. The zero-order valence-corrected chi connectivity index (χ0v) is 9.46. The lowest BCUT2D eigenvalue weighted by Gasteiger charge is -2.21. The Morgan fingerprint density at radius 1 is 1.73 bits per heavy atom. The van der Waals surface area contributed by atoms with Crippen LogP contribution in [0.15, 0.2) is 0 Å². The van der Waals surface area contributed by atoms with Crippen molar-refractivity contribution in [1.29, 1.82) is 0 Å². The van der Waals surface area contributed by atoms with Gasteiger partial charge in [0.2, 0.25) is 0 Å². The summed E-state index contributed by atoms with van der Waals surface area (Å²) in [4.78, 5) is 2.23. The summed E-state index contributed by atoms with van der Waals surface area (Å²) in [5.41, 5.74) is 3.51. The van der Waals surface area contributed by atoms with Gasteiger partial charge in [-0.15, -0.1) is 5.10 Å². The van der Waals surface area contributed by atoms with Crippen molar-refractivity contribution in [1.82, 2.24) is 14.5 Å².